The lowest BCUT2D eigenvalue weighted by molar-refractivity contribution is 0.0831. The molecular formula is C15H20N2O2. The van der Waals surface area contributed by atoms with Crippen LogP contribution in [0.4, 0.5) is 4.79 Å². The third-order valence-electron chi connectivity index (χ3n) is 3.50. The summed E-state index contributed by atoms with van der Waals surface area (Å²) in [5.41, 5.74) is 0.742. The van der Waals surface area contributed by atoms with E-state index < -0.39 is 0 Å². The van der Waals surface area contributed by atoms with Gasteiger partial charge in [0, 0.05) is 38.7 Å². The van der Waals surface area contributed by atoms with Gasteiger partial charge in [0.05, 0.1) is 0 Å². The molecule has 1 aliphatic rings. The van der Waals surface area contributed by atoms with Crippen LogP contribution in [0.3, 0.4) is 0 Å². The lowest BCUT2D eigenvalue weighted by Crippen LogP contribution is -2.46. The zero-order valence-electron chi connectivity index (χ0n) is 11.5. The first-order chi connectivity index (χ1) is 9.09. The summed E-state index contributed by atoms with van der Waals surface area (Å²) in [6.45, 7) is 1.28. The summed E-state index contributed by atoms with van der Waals surface area (Å²) < 4.78 is 0. The van der Waals surface area contributed by atoms with Gasteiger partial charge in [0.15, 0.2) is 5.78 Å². The smallest absolute Gasteiger partial charge is 0.319 e. The van der Waals surface area contributed by atoms with Crippen LogP contribution in [0.5, 0.6) is 0 Å². The number of ketones is 1. The Morgan fingerprint density at radius 3 is 2.53 bits per heavy atom. The van der Waals surface area contributed by atoms with Gasteiger partial charge in [0.2, 0.25) is 0 Å². The van der Waals surface area contributed by atoms with E-state index in [0.717, 1.165) is 24.9 Å². The highest BCUT2D eigenvalue weighted by molar-refractivity contribution is 5.98. The quantitative estimate of drug-likeness (QED) is 0.765. The maximum Gasteiger partial charge on any atom is 0.319 e. The van der Waals surface area contributed by atoms with Crippen molar-refractivity contribution in [2.24, 2.45) is 5.92 Å². The highest BCUT2D eigenvalue weighted by Crippen LogP contribution is 2.21. The number of carbonyl (C=O) groups excluding carboxylic acids is 2. The molecule has 4 heteroatoms. The van der Waals surface area contributed by atoms with Gasteiger partial charge in [0.1, 0.15) is 0 Å². The molecule has 1 aromatic rings. The van der Waals surface area contributed by atoms with E-state index in [1.165, 1.54) is 0 Å². The van der Waals surface area contributed by atoms with Crippen molar-refractivity contribution in [1.29, 1.82) is 0 Å². The standard InChI is InChI=1S/C15H20N2O2/c1-16(2)15(19)17-10-6-9-13(11-17)14(18)12-7-4-3-5-8-12/h3-5,7-8,13H,6,9-11H2,1-2H3. The Balaban J connectivity index is 2.05. The summed E-state index contributed by atoms with van der Waals surface area (Å²) in [7, 11) is 3.48. The minimum absolute atomic E-state index is 0.00874. The van der Waals surface area contributed by atoms with Gasteiger partial charge in [-0.05, 0) is 12.8 Å². The fourth-order valence-corrected chi connectivity index (χ4v) is 2.49. The number of Topliss-reactive ketones (excluding diaryl/α,β-unsaturated/α-hetero) is 1. The van der Waals surface area contributed by atoms with E-state index in [-0.39, 0.29) is 17.7 Å². The predicted molar refractivity (Wildman–Crippen MR) is 74.2 cm³/mol. The fourth-order valence-electron chi connectivity index (χ4n) is 2.49. The minimum atomic E-state index is -0.0694. The molecular weight excluding hydrogens is 240 g/mol. The zero-order chi connectivity index (χ0) is 13.8. The molecule has 1 saturated heterocycles. The number of benzene rings is 1. The first-order valence-corrected chi connectivity index (χ1v) is 6.65. The van der Waals surface area contributed by atoms with Gasteiger partial charge in [-0.15, -0.1) is 0 Å². The normalized spacial score (nSPS) is 19.1. The summed E-state index contributed by atoms with van der Waals surface area (Å²) >= 11 is 0. The van der Waals surface area contributed by atoms with Crippen molar-refractivity contribution in [1.82, 2.24) is 9.80 Å². The average Bonchev–Trinajstić information content (AvgIpc) is 2.46. The van der Waals surface area contributed by atoms with Crippen molar-refractivity contribution in [3.8, 4) is 0 Å². The van der Waals surface area contributed by atoms with E-state index in [9.17, 15) is 9.59 Å². The van der Waals surface area contributed by atoms with E-state index in [1.54, 1.807) is 23.9 Å². The molecule has 0 spiro atoms. The van der Waals surface area contributed by atoms with Crippen molar-refractivity contribution in [2.45, 2.75) is 12.8 Å². The van der Waals surface area contributed by atoms with Crippen molar-refractivity contribution in [3.63, 3.8) is 0 Å². The Labute approximate surface area is 114 Å². The summed E-state index contributed by atoms with van der Waals surface area (Å²) in [4.78, 5) is 27.7. The third-order valence-corrected chi connectivity index (χ3v) is 3.50. The maximum atomic E-state index is 12.4. The Bertz CT molecular complexity index is 456. The molecule has 1 aromatic carbocycles. The molecule has 1 unspecified atom stereocenters. The number of piperidine rings is 1. The molecule has 1 fully saturated rings. The Hall–Kier alpha value is -1.84. The fraction of sp³-hybridized carbons (Fsp3) is 0.467. The van der Waals surface area contributed by atoms with Crippen LogP contribution in [0.1, 0.15) is 23.2 Å². The molecule has 1 heterocycles. The van der Waals surface area contributed by atoms with Gasteiger partial charge in [-0.25, -0.2) is 4.79 Å². The van der Waals surface area contributed by atoms with Crippen molar-refractivity contribution >= 4 is 11.8 Å². The van der Waals surface area contributed by atoms with E-state index in [1.807, 2.05) is 30.3 Å². The molecule has 2 rings (SSSR count). The SMILES string of the molecule is CN(C)C(=O)N1CCCC(C(=O)c2ccccc2)C1. The molecule has 4 nitrogen and oxygen atoms in total. The molecule has 1 atom stereocenters. The van der Waals surface area contributed by atoms with Gasteiger partial charge in [-0.2, -0.15) is 0 Å². The van der Waals surface area contributed by atoms with Gasteiger partial charge < -0.3 is 9.80 Å². The average molecular weight is 260 g/mol. The summed E-state index contributed by atoms with van der Waals surface area (Å²) in [5, 5.41) is 0. The molecule has 0 N–H and O–H groups in total. The van der Waals surface area contributed by atoms with Crippen molar-refractivity contribution in [2.75, 3.05) is 27.2 Å². The molecule has 1 aliphatic heterocycles. The summed E-state index contributed by atoms with van der Waals surface area (Å²) in [5.74, 6) is 0.0805. The topological polar surface area (TPSA) is 40.6 Å². The molecule has 0 bridgehead atoms. The molecule has 0 aromatic heterocycles. The molecule has 0 saturated carbocycles. The minimum Gasteiger partial charge on any atom is -0.331 e. The van der Waals surface area contributed by atoms with Crippen LogP contribution >= 0.6 is 0 Å². The number of hydrogen-bond acceptors (Lipinski definition) is 2. The predicted octanol–water partition coefficient (Wildman–Crippen LogP) is 2.26. The Morgan fingerprint density at radius 1 is 1.21 bits per heavy atom. The van der Waals surface area contributed by atoms with E-state index in [0.29, 0.717) is 6.54 Å². The largest absolute Gasteiger partial charge is 0.331 e. The number of nitrogens with zero attached hydrogens (tertiary/aromatic N) is 2. The van der Waals surface area contributed by atoms with Crippen molar-refractivity contribution < 1.29 is 9.59 Å². The zero-order valence-corrected chi connectivity index (χ0v) is 11.5. The highest BCUT2D eigenvalue weighted by Gasteiger charge is 2.29. The maximum absolute atomic E-state index is 12.4. The number of urea groups is 1. The number of likely N-dealkylation sites (tertiary alicyclic amines) is 1. The van der Waals surface area contributed by atoms with Gasteiger partial charge >= 0.3 is 6.03 Å². The first-order valence-electron chi connectivity index (χ1n) is 6.65. The number of hydrogen-bond donors (Lipinski definition) is 0. The Morgan fingerprint density at radius 2 is 1.89 bits per heavy atom. The third kappa shape index (κ3) is 3.13. The van der Waals surface area contributed by atoms with E-state index >= 15 is 0 Å². The van der Waals surface area contributed by atoms with Crippen LogP contribution in [-0.4, -0.2) is 48.8 Å². The van der Waals surface area contributed by atoms with Crippen molar-refractivity contribution in [3.05, 3.63) is 35.9 Å². The highest BCUT2D eigenvalue weighted by atomic mass is 16.2. The lowest BCUT2D eigenvalue weighted by atomic mass is 9.90. The van der Waals surface area contributed by atoms with Crippen LogP contribution < -0.4 is 0 Å². The van der Waals surface area contributed by atoms with Crippen LogP contribution in [0.2, 0.25) is 0 Å². The molecule has 19 heavy (non-hydrogen) atoms. The molecule has 0 aliphatic carbocycles. The molecule has 0 radical (unpaired) electrons. The number of rotatable bonds is 2. The first kappa shape index (κ1) is 13.6. The molecule has 2 amide bonds. The monoisotopic (exact) mass is 260 g/mol. The number of carbonyl (C=O) groups is 2. The summed E-state index contributed by atoms with van der Waals surface area (Å²) in [6, 6.07) is 9.33. The summed E-state index contributed by atoms with van der Waals surface area (Å²) in [6.07, 6.45) is 1.76. The lowest BCUT2D eigenvalue weighted by Gasteiger charge is -2.33. The number of amides is 2. The second-order valence-corrected chi connectivity index (χ2v) is 5.19. The molecule has 102 valence electrons. The Kier molecular flexibility index (Phi) is 4.20. The van der Waals surface area contributed by atoms with Gasteiger partial charge in [-0.1, -0.05) is 30.3 Å². The van der Waals surface area contributed by atoms with E-state index in [4.69, 9.17) is 0 Å². The van der Waals surface area contributed by atoms with Gasteiger partial charge in [0.25, 0.3) is 0 Å². The van der Waals surface area contributed by atoms with Crippen LogP contribution in [0, 0.1) is 5.92 Å². The van der Waals surface area contributed by atoms with Crippen LogP contribution in [-0.2, 0) is 0 Å². The van der Waals surface area contributed by atoms with Gasteiger partial charge in [-0.3, -0.25) is 4.79 Å². The van der Waals surface area contributed by atoms with E-state index in [2.05, 4.69) is 0 Å². The second-order valence-electron chi connectivity index (χ2n) is 5.19. The van der Waals surface area contributed by atoms with Crippen LogP contribution in [0.25, 0.3) is 0 Å². The second kappa shape index (κ2) is 5.87. The van der Waals surface area contributed by atoms with Crippen LogP contribution in [0.15, 0.2) is 30.3 Å².